The van der Waals surface area contributed by atoms with E-state index < -0.39 is 11.2 Å². The van der Waals surface area contributed by atoms with Crippen LogP contribution in [0.25, 0.3) is 21.8 Å². The molecule has 2 fully saturated rings. The van der Waals surface area contributed by atoms with Crippen LogP contribution in [0.3, 0.4) is 0 Å². The average Bonchev–Trinajstić information content (AvgIpc) is 3.52. The van der Waals surface area contributed by atoms with Crippen LogP contribution in [0, 0.1) is 0 Å². The molecule has 0 bridgehead atoms. The highest BCUT2D eigenvalue weighted by molar-refractivity contribution is 6.32. The molecule has 0 radical (unpaired) electrons. The van der Waals surface area contributed by atoms with Gasteiger partial charge in [-0.2, -0.15) is 0 Å². The van der Waals surface area contributed by atoms with E-state index in [1.807, 2.05) is 77.9 Å². The molecule has 8 aromatic rings. The number of carbonyl (C=O) groups is 2. The van der Waals surface area contributed by atoms with E-state index in [9.17, 15) is 9.59 Å². The van der Waals surface area contributed by atoms with Crippen LogP contribution in [0.2, 0.25) is 10.0 Å². The first-order valence-corrected chi connectivity index (χ1v) is 26.6. The number of hydrogen-bond donors (Lipinski definition) is 2. The van der Waals surface area contributed by atoms with Crippen molar-refractivity contribution in [1.82, 2.24) is 49.7 Å². The number of likely N-dealkylation sites (tertiary alicyclic amines) is 2. The second-order valence-corrected chi connectivity index (χ2v) is 21.9. The van der Waals surface area contributed by atoms with Gasteiger partial charge in [-0.25, -0.2) is 29.5 Å². The zero-order valence-corrected chi connectivity index (χ0v) is 46.0. The lowest BCUT2D eigenvalue weighted by molar-refractivity contribution is 0.0188. The summed E-state index contributed by atoms with van der Waals surface area (Å²) in [6.45, 7) is 14.5. The molecule has 6 heterocycles. The summed E-state index contributed by atoms with van der Waals surface area (Å²) >= 11 is 13.0. The fraction of sp³-hybridized carbons (Fsp3) is 0.345. The van der Waals surface area contributed by atoms with Gasteiger partial charge in [0.1, 0.15) is 60.2 Å². The molecule has 2 amide bonds. The number of nitrogens with zero attached hydrogens (tertiary/aromatic N) is 10. The Hall–Kier alpha value is -7.96. The van der Waals surface area contributed by atoms with E-state index in [0.29, 0.717) is 70.7 Å². The zero-order chi connectivity index (χ0) is 54.8. The molecule has 20 heteroatoms. The Bertz CT molecular complexity index is 3140. The van der Waals surface area contributed by atoms with E-state index in [1.54, 1.807) is 59.1 Å². The van der Waals surface area contributed by atoms with Gasteiger partial charge >= 0.3 is 12.2 Å². The first kappa shape index (κ1) is 54.8. The van der Waals surface area contributed by atoms with Crippen molar-refractivity contribution in [2.75, 3.05) is 36.8 Å². The third kappa shape index (κ3) is 14.7. The molecule has 404 valence electrons. The molecule has 4 aromatic carbocycles. The molecular formula is C58H62Cl2N12O6. The Morgan fingerprint density at radius 2 is 1.00 bits per heavy atom. The van der Waals surface area contributed by atoms with Gasteiger partial charge in [0, 0.05) is 84.9 Å². The number of carbonyl (C=O) groups excluding carboxylic acids is 2. The van der Waals surface area contributed by atoms with Gasteiger partial charge in [-0.1, -0.05) is 35.3 Å². The van der Waals surface area contributed by atoms with Crippen molar-refractivity contribution >= 4 is 80.2 Å². The molecule has 1 unspecified atom stereocenters. The normalized spacial score (nSPS) is 15.7. The molecule has 2 aliphatic heterocycles. The smallest absolute Gasteiger partial charge is 0.410 e. The summed E-state index contributed by atoms with van der Waals surface area (Å²) < 4.78 is 22.8. The Labute approximate surface area is 463 Å². The lowest BCUT2D eigenvalue weighted by Gasteiger charge is -2.34. The van der Waals surface area contributed by atoms with E-state index >= 15 is 0 Å². The van der Waals surface area contributed by atoms with E-state index in [1.165, 1.54) is 12.7 Å². The number of aromatic nitrogens is 8. The molecule has 2 saturated heterocycles. The van der Waals surface area contributed by atoms with Crippen LogP contribution in [-0.2, 0) is 22.7 Å². The maximum atomic E-state index is 12.7. The van der Waals surface area contributed by atoms with Gasteiger partial charge in [-0.3, -0.25) is 19.9 Å². The molecule has 0 saturated carbocycles. The molecule has 4 aromatic heterocycles. The van der Waals surface area contributed by atoms with Crippen LogP contribution < -0.4 is 20.1 Å². The SMILES string of the molecule is CC(C)(C)OC(=O)N1CCCC(c2ccc3ncnc(Nc4ccc(OCc5cnccn5)c(Cl)c4)c3c2)C1.CC(C)(C)OC(=O)N1CCC[C@H](c2ccc3ncnc(Nc4ccc(OCc5cnccn5)c(Cl)c4)c3c2)C1. The molecule has 18 nitrogen and oxygen atoms in total. The second kappa shape index (κ2) is 24.6. The number of amides is 2. The van der Waals surface area contributed by atoms with Gasteiger partial charge in [0.15, 0.2) is 0 Å². The van der Waals surface area contributed by atoms with Gasteiger partial charge < -0.3 is 39.4 Å². The fourth-order valence-electron chi connectivity index (χ4n) is 9.12. The number of benzene rings is 4. The van der Waals surface area contributed by atoms with Gasteiger partial charge in [-0.05, 0) is 139 Å². The van der Waals surface area contributed by atoms with Crippen LogP contribution in [-0.4, -0.2) is 99.2 Å². The predicted molar refractivity (Wildman–Crippen MR) is 301 cm³/mol. The summed E-state index contributed by atoms with van der Waals surface area (Å²) in [7, 11) is 0. The highest BCUT2D eigenvalue weighted by Gasteiger charge is 2.30. The van der Waals surface area contributed by atoms with Gasteiger partial charge in [0.05, 0.1) is 44.9 Å². The monoisotopic (exact) mass is 1090 g/mol. The fourth-order valence-corrected chi connectivity index (χ4v) is 9.59. The molecule has 2 N–H and O–H groups in total. The van der Waals surface area contributed by atoms with Crippen molar-refractivity contribution in [3.05, 3.63) is 155 Å². The average molecular weight is 1090 g/mol. The van der Waals surface area contributed by atoms with Gasteiger partial charge in [0.2, 0.25) is 0 Å². The summed E-state index contributed by atoms with van der Waals surface area (Å²) in [6, 6.07) is 23.4. The maximum absolute atomic E-state index is 12.7. The molecule has 0 aliphatic carbocycles. The highest BCUT2D eigenvalue weighted by Crippen LogP contribution is 2.36. The number of nitrogens with one attached hydrogen (secondary N) is 2. The van der Waals surface area contributed by atoms with E-state index in [4.69, 9.17) is 42.1 Å². The van der Waals surface area contributed by atoms with Crippen LogP contribution in [0.1, 0.15) is 102 Å². The third-order valence-corrected chi connectivity index (χ3v) is 13.4. The Morgan fingerprint density at radius 1 is 0.564 bits per heavy atom. The van der Waals surface area contributed by atoms with Crippen molar-refractivity contribution in [3.63, 3.8) is 0 Å². The standard InChI is InChI=1S/2C29H31ClN6O3/c2*1-29(2,3)39-28(37)36-12-4-5-20(16-36)19-6-8-25-23(13-19)27(34-18-33-25)35-21-7-9-26(24(30)14-21)38-17-22-15-31-10-11-32-22/h2*6-11,13-15,18,20H,4-5,12,16-17H2,1-3H3,(H,33,34,35)/t20-;/m0./s1. The van der Waals surface area contributed by atoms with Crippen molar-refractivity contribution < 1.29 is 28.5 Å². The van der Waals surface area contributed by atoms with Crippen LogP contribution in [0.5, 0.6) is 11.5 Å². The number of piperidine rings is 2. The van der Waals surface area contributed by atoms with E-state index in [0.717, 1.165) is 70.0 Å². The predicted octanol–water partition coefficient (Wildman–Crippen LogP) is 13.0. The van der Waals surface area contributed by atoms with Crippen molar-refractivity contribution in [2.45, 2.75) is 103 Å². The van der Waals surface area contributed by atoms with Crippen molar-refractivity contribution in [2.24, 2.45) is 0 Å². The lowest BCUT2D eigenvalue weighted by atomic mass is 9.90. The summed E-state index contributed by atoms with van der Waals surface area (Å²) in [5.74, 6) is 2.84. The maximum Gasteiger partial charge on any atom is 0.410 e. The number of halogens is 2. The number of anilines is 4. The lowest BCUT2D eigenvalue weighted by Crippen LogP contribution is -2.42. The molecular weight excluding hydrogens is 1030 g/mol. The molecule has 2 atom stereocenters. The number of hydrogen-bond acceptors (Lipinski definition) is 16. The van der Waals surface area contributed by atoms with Crippen molar-refractivity contribution in [3.8, 4) is 11.5 Å². The minimum absolute atomic E-state index is 0.198. The van der Waals surface area contributed by atoms with Crippen LogP contribution >= 0.6 is 23.2 Å². The minimum atomic E-state index is -0.519. The zero-order valence-electron chi connectivity index (χ0n) is 44.5. The Kier molecular flexibility index (Phi) is 17.3. The number of fused-ring (bicyclic) bond motifs is 2. The summed E-state index contributed by atoms with van der Waals surface area (Å²) in [6.07, 6.45) is 16.1. The minimum Gasteiger partial charge on any atom is -0.486 e. The summed E-state index contributed by atoms with van der Waals surface area (Å²) in [4.78, 5) is 63.4. The quantitative estimate of drug-likeness (QED) is 0.117. The molecule has 2 aliphatic rings. The van der Waals surface area contributed by atoms with E-state index in [-0.39, 0.29) is 37.2 Å². The molecule has 10 rings (SSSR count). The number of rotatable bonds is 12. The first-order valence-electron chi connectivity index (χ1n) is 25.8. The summed E-state index contributed by atoms with van der Waals surface area (Å²) in [5, 5.41) is 9.46. The van der Waals surface area contributed by atoms with Gasteiger partial charge in [0.25, 0.3) is 0 Å². The Balaban J connectivity index is 0.000000190. The molecule has 0 spiro atoms. The largest absolute Gasteiger partial charge is 0.486 e. The van der Waals surface area contributed by atoms with E-state index in [2.05, 4.69) is 74.8 Å². The van der Waals surface area contributed by atoms with Crippen molar-refractivity contribution in [1.29, 1.82) is 0 Å². The summed E-state index contributed by atoms with van der Waals surface area (Å²) in [5.41, 5.74) is 5.86. The second-order valence-electron chi connectivity index (χ2n) is 21.0. The first-order chi connectivity index (χ1) is 37.5. The molecule has 78 heavy (non-hydrogen) atoms. The Morgan fingerprint density at radius 3 is 1.38 bits per heavy atom. The van der Waals surface area contributed by atoms with Gasteiger partial charge in [-0.15, -0.1) is 0 Å². The number of ether oxygens (including phenoxy) is 4. The topological polar surface area (TPSA) is 205 Å². The highest BCUT2D eigenvalue weighted by atomic mass is 35.5. The third-order valence-electron chi connectivity index (χ3n) is 12.8. The van der Waals surface area contributed by atoms with Crippen LogP contribution in [0.15, 0.2) is 123 Å². The van der Waals surface area contributed by atoms with Crippen LogP contribution in [0.4, 0.5) is 32.6 Å².